The van der Waals surface area contributed by atoms with Gasteiger partial charge in [-0.1, -0.05) is 41.4 Å². The third-order valence-electron chi connectivity index (χ3n) is 3.62. The first-order valence-electron chi connectivity index (χ1n) is 7.25. The van der Waals surface area contributed by atoms with Gasteiger partial charge in [-0.15, -0.1) is 0 Å². The Morgan fingerprint density at radius 3 is 2.48 bits per heavy atom. The summed E-state index contributed by atoms with van der Waals surface area (Å²) in [7, 11) is 2.91. The number of halogens is 2. The molecule has 5 heteroatoms. The van der Waals surface area contributed by atoms with E-state index in [1.54, 1.807) is 19.2 Å². The standard InChI is InChI=1S/C18H18Cl2O3/c1-22-16-8-4-7-13(17(16)18(21)23-2)6-3-5-12-9-10-14(19)15(20)11-12/h4,7-11H,3,5-6H2,1-2H3. The zero-order valence-electron chi connectivity index (χ0n) is 13.1. The van der Waals surface area contributed by atoms with E-state index in [0.29, 0.717) is 21.4 Å². The highest BCUT2D eigenvalue weighted by Crippen LogP contribution is 2.26. The zero-order chi connectivity index (χ0) is 16.8. The van der Waals surface area contributed by atoms with Gasteiger partial charge in [0.1, 0.15) is 11.3 Å². The van der Waals surface area contributed by atoms with Crippen molar-refractivity contribution in [3.05, 3.63) is 63.1 Å². The van der Waals surface area contributed by atoms with Crippen molar-refractivity contribution in [2.75, 3.05) is 14.2 Å². The largest absolute Gasteiger partial charge is 0.496 e. The summed E-state index contributed by atoms with van der Waals surface area (Å²) in [5.41, 5.74) is 2.52. The first-order valence-corrected chi connectivity index (χ1v) is 8.00. The van der Waals surface area contributed by atoms with Crippen molar-refractivity contribution in [1.29, 1.82) is 0 Å². The van der Waals surface area contributed by atoms with E-state index in [1.165, 1.54) is 7.11 Å². The van der Waals surface area contributed by atoms with E-state index >= 15 is 0 Å². The molecular weight excluding hydrogens is 335 g/mol. The molecular formula is C18H18Cl2O3. The number of benzene rings is 2. The molecule has 122 valence electrons. The first kappa shape index (κ1) is 17.6. The van der Waals surface area contributed by atoms with Crippen molar-refractivity contribution < 1.29 is 14.3 Å². The van der Waals surface area contributed by atoms with Crippen LogP contribution in [-0.4, -0.2) is 20.2 Å². The Labute approximate surface area is 146 Å². The molecule has 0 N–H and O–H groups in total. The predicted octanol–water partition coefficient (Wildman–Crippen LogP) is 4.96. The third kappa shape index (κ3) is 4.40. The zero-order valence-corrected chi connectivity index (χ0v) is 14.6. The van der Waals surface area contributed by atoms with Crippen LogP contribution in [0.3, 0.4) is 0 Å². The average Bonchev–Trinajstić information content (AvgIpc) is 2.57. The lowest BCUT2D eigenvalue weighted by atomic mass is 9.99. The van der Waals surface area contributed by atoms with Crippen LogP contribution in [0, 0.1) is 0 Å². The Kier molecular flexibility index (Phi) is 6.31. The Morgan fingerprint density at radius 2 is 1.83 bits per heavy atom. The maximum absolute atomic E-state index is 12.0. The number of carbonyl (C=O) groups excluding carboxylic acids is 1. The SMILES string of the molecule is COC(=O)c1c(CCCc2ccc(Cl)c(Cl)c2)cccc1OC. The van der Waals surface area contributed by atoms with Crippen molar-refractivity contribution in [3.8, 4) is 5.75 Å². The molecule has 2 aromatic rings. The summed E-state index contributed by atoms with van der Waals surface area (Å²) >= 11 is 11.9. The number of methoxy groups -OCH3 is 2. The van der Waals surface area contributed by atoms with Crippen molar-refractivity contribution >= 4 is 29.2 Å². The van der Waals surface area contributed by atoms with Gasteiger partial charge in [-0.25, -0.2) is 4.79 Å². The van der Waals surface area contributed by atoms with Gasteiger partial charge in [0.25, 0.3) is 0 Å². The highest BCUT2D eigenvalue weighted by Gasteiger charge is 2.17. The van der Waals surface area contributed by atoms with Gasteiger partial charge in [-0.05, 0) is 48.6 Å². The first-order chi connectivity index (χ1) is 11.1. The Bertz CT molecular complexity index is 699. The van der Waals surface area contributed by atoms with E-state index in [0.717, 1.165) is 30.4 Å². The maximum atomic E-state index is 12.0. The molecule has 0 aromatic heterocycles. The molecule has 2 aromatic carbocycles. The Hall–Kier alpha value is -1.71. The molecule has 23 heavy (non-hydrogen) atoms. The number of esters is 1. The molecule has 3 nitrogen and oxygen atoms in total. The normalized spacial score (nSPS) is 10.4. The number of aryl methyl sites for hydroxylation is 2. The van der Waals surface area contributed by atoms with E-state index in [9.17, 15) is 4.79 Å². The van der Waals surface area contributed by atoms with Gasteiger partial charge in [-0.2, -0.15) is 0 Å². The highest BCUT2D eigenvalue weighted by molar-refractivity contribution is 6.42. The molecule has 0 heterocycles. The lowest BCUT2D eigenvalue weighted by molar-refractivity contribution is 0.0595. The molecule has 0 bridgehead atoms. The Balaban J connectivity index is 2.11. The summed E-state index contributed by atoms with van der Waals surface area (Å²) < 4.78 is 10.1. The van der Waals surface area contributed by atoms with Gasteiger partial charge in [0.05, 0.1) is 24.3 Å². The quantitative estimate of drug-likeness (QED) is 0.689. The lowest BCUT2D eigenvalue weighted by Gasteiger charge is -2.12. The lowest BCUT2D eigenvalue weighted by Crippen LogP contribution is -2.08. The van der Waals surface area contributed by atoms with Crippen molar-refractivity contribution in [2.45, 2.75) is 19.3 Å². The summed E-state index contributed by atoms with van der Waals surface area (Å²) in [5.74, 6) is 0.149. The van der Waals surface area contributed by atoms with Crippen LogP contribution in [0.2, 0.25) is 10.0 Å². The van der Waals surface area contributed by atoms with Crippen LogP contribution in [0.4, 0.5) is 0 Å². The molecule has 0 saturated carbocycles. The molecule has 0 saturated heterocycles. The van der Waals surface area contributed by atoms with Crippen LogP contribution in [0.25, 0.3) is 0 Å². The third-order valence-corrected chi connectivity index (χ3v) is 4.36. The van der Waals surface area contributed by atoms with Gasteiger partial charge in [0.15, 0.2) is 0 Å². The fourth-order valence-corrected chi connectivity index (χ4v) is 2.79. The molecule has 0 spiro atoms. The minimum Gasteiger partial charge on any atom is -0.496 e. The van der Waals surface area contributed by atoms with Crippen LogP contribution in [-0.2, 0) is 17.6 Å². The summed E-state index contributed by atoms with van der Waals surface area (Å²) in [5, 5.41) is 1.11. The summed E-state index contributed by atoms with van der Waals surface area (Å²) in [6.45, 7) is 0. The van der Waals surface area contributed by atoms with Gasteiger partial charge < -0.3 is 9.47 Å². The molecule has 0 aliphatic carbocycles. The highest BCUT2D eigenvalue weighted by atomic mass is 35.5. The van der Waals surface area contributed by atoms with Crippen LogP contribution in [0.5, 0.6) is 5.75 Å². The van der Waals surface area contributed by atoms with Crippen molar-refractivity contribution in [2.24, 2.45) is 0 Å². The number of ether oxygens (including phenoxy) is 2. The van der Waals surface area contributed by atoms with E-state index < -0.39 is 0 Å². The molecule has 0 fully saturated rings. The second-order valence-electron chi connectivity index (χ2n) is 5.09. The number of carbonyl (C=O) groups is 1. The minimum atomic E-state index is -0.382. The average molecular weight is 353 g/mol. The summed E-state index contributed by atoms with van der Waals surface area (Å²) in [6, 6.07) is 11.2. The molecule has 2 rings (SSSR count). The Morgan fingerprint density at radius 1 is 1.04 bits per heavy atom. The van der Waals surface area contributed by atoms with Crippen LogP contribution in [0.15, 0.2) is 36.4 Å². The van der Waals surface area contributed by atoms with Crippen molar-refractivity contribution in [3.63, 3.8) is 0 Å². The molecule has 0 atom stereocenters. The van der Waals surface area contributed by atoms with E-state index in [4.69, 9.17) is 32.7 Å². The monoisotopic (exact) mass is 352 g/mol. The fourth-order valence-electron chi connectivity index (χ4n) is 2.47. The second kappa shape index (κ2) is 8.23. The molecule has 0 aliphatic heterocycles. The van der Waals surface area contributed by atoms with E-state index in [2.05, 4.69) is 0 Å². The van der Waals surface area contributed by atoms with Crippen LogP contribution in [0.1, 0.15) is 27.9 Å². The maximum Gasteiger partial charge on any atom is 0.341 e. The van der Waals surface area contributed by atoms with E-state index in [1.807, 2.05) is 24.3 Å². The molecule has 0 aliphatic rings. The predicted molar refractivity (Wildman–Crippen MR) is 92.8 cm³/mol. The van der Waals surface area contributed by atoms with Gasteiger partial charge >= 0.3 is 5.97 Å². The number of rotatable bonds is 6. The molecule has 0 unspecified atom stereocenters. The molecule has 0 amide bonds. The summed E-state index contributed by atoms with van der Waals surface area (Å²) in [4.78, 5) is 12.0. The number of hydrogen-bond acceptors (Lipinski definition) is 3. The second-order valence-corrected chi connectivity index (χ2v) is 5.90. The van der Waals surface area contributed by atoms with Gasteiger partial charge in [-0.3, -0.25) is 0 Å². The minimum absolute atomic E-state index is 0.382. The molecule has 0 radical (unpaired) electrons. The van der Waals surface area contributed by atoms with Gasteiger partial charge in [0, 0.05) is 0 Å². The van der Waals surface area contributed by atoms with Crippen LogP contribution < -0.4 is 4.74 Å². The van der Waals surface area contributed by atoms with Crippen molar-refractivity contribution in [1.82, 2.24) is 0 Å². The van der Waals surface area contributed by atoms with Crippen LogP contribution >= 0.6 is 23.2 Å². The topological polar surface area (TPSA) is 35.5 Å². The number of hydrogen-bond donors (Lipinski definition) is 0. The summed E-state index contributed by atoms with van der Waals surface area (Å²) in [6.07, 6.45) is 2.45. The van der Waals surface area contributed by atoms with E-state index in [-0.39, 0.29) is 5.97 Å². The fraction of sp³-hybridized carbons (Fsp3) is 0.278. The van der Waals surface area contributed by atoms with Gasteiger partial charge in [0.2, 0.25) is 0 Å². The smallest absolute Gasteiger partial charge is 0.341 e.